The van der Waals surface area contributed by atoms with Gasteiger partial charge >= 0.3 is 0 Å². The first-order chi connectivity index (χ1) is 7.38. The molecule has 6 nitrogen and oxygen atoms in total. The summed E-state index contributed by atoms with van der Waals surface area (Å²) in [7, 11) is 1.36. The van der Waals surface area contributed by atoms with Crippen LogP contribution in [0.3, 0.4) is 0 Å². The quantitative estimate of drug-likeness (QED) is 0.458. The number of non-ortho nitro benzene ring substituents is 1. The molecule has 0 atom stereocenters. The Morgan fingerprint density at radius 3 is 2.69 bits per heavy atom. The van der Waals surface area contributed by atoms with Crippen molar-refractivity contribution < 1.29 is 18.1 Å². The maximum atomic E-state index is 10.6. The zero-order valence-electron chi connectivity index (χ0n) is 8.00. The minimum absolute atomic E-state index is 0.119. The zero-order valence-corrected chi connectivity index (χ0v) is 9.57. The Hall–Kier alpha value is -1.34. The van der Waals surface area contributed by atoms with Gasteiger partial charge in [-0.05, 0) is 6.07 Å². The molecule has 16 heavy (non-hydrogen) atoms. The van der Waals surface area contributed by atoms with E-state index < -0.39 is 14.0 Å². The van der Waals surface area contributed by atoms with E-state index >= 15 is 0 Å². The van der Waals surface area contributed by atoms with Gasteiger partial charge in [-0.15, -0.1) is 0 Å². The minimum Gasteiger partial charge on any atom is -0.492 e. The van der Waals surface area contributed by atoms with Gasteiger partial charge in [0.15, 0.2) is 0 Å². The van der Waals surface area contributed by atoms with Crippen molar-refractivity contribution in [2.24, 2.45) is 0 Å². The molecule has 0 unspecified atom stereocenters. The largest absolute Gasteiger partial charge is 0.492 e. The third-order valence-corrected chi connectivity index (χ3v) is 2.74. The summed E-state index contributed by atoms with van der Waals surface area (Å²) < 4.78 is 26.2. The second-order valence-corrected chi connectivity index (χ2v) is 5.74. The second kappa shape index (κ2) is 5.13. The average molecular weight is 266 g/mol. The van der Waals surface area contributed by atoms with E-state index in [1.54, 1.807) is 0 Å². The molecular formula is C8H8ClNO5S. The number of halogens is 1. The fourth-order valence-corrected chi connectivity index (χ4v) is 1.42. The summed E-state index contributed by atoms with van der Waals surface area (Å²) in [5.41, 5.74) is -0.119. The minimum atomic E-state index is -3.61. The molecule has 0 aliphatic heterocycles. The third kappa shape index (κ3) is 4.45. The number of ether oxygens (including phenoxy) is 1. The van der Waals surface area contributed by atoms with E-state index in [9.17, 15) is 18.5 Å². The summed E-state index contributed by atoms with van der Waals surface area (Å²) in [6.45, 7) is -0.146. The SMILES string of the molecule is O=[N+]([O-])c1cccc(OCCS(=O)(=O)Cl)c1. The second-order valence-electron chi connectivity index (χ2n) is 2.85. The molecule has 0 bridgehead atoms. The van der Waals surface area contributed by atoms with Gasteiger partial charge < -0.3 is 4.74 Å². The molecular weight excluding hydrogens is 258 g/mol. The first kappa shape index (κ1) is 12.7. The van der Waals surface area contributed by atoms with E-state index in [0.29, 0.717) is 0 Å². The van der Waals surface area contributed by atoms with Crippen LogP contribution < -0.4 is 4.74 Å². The van der Waals surface area contributed by atoms with Gasteiger partial charge in [-0.2, -0.15) is 0 Å². The lowest BCUT2D eigenvalue weighted by atomic mass is 10.3. The molecule has 0 saturated heterocycles. The van der Waals surface area contributed by atoms with Crippen molar-refractivity contribution in [3.63, 3.8) is 0 Å². The van der Waals surface area contributed by atoms with Crippen molar-refractivity contribution >= 4 is 25.4 Å². The predicted molar refractivity (Wildman–Crippen MR) is 58.2 cm³/mol. The van der Waals surface area contributed by atoms with Crippen molar-refractivity contribution in [1.29, 1.82) is 0 Å². The van der Waals surface area contributed by atoms with Crippen molar-refractivity contribution in [3.8, 4) is 5.75 Å². The molecule has 1 aromatic carbocycles. The maximum Gasteiger partial charge on any atom is 0.273 e. The highest BCUT2D eigenvalue weighted by atomic mass is 35.7. The normalized spacial score (nSPS) is 11.1. The number of nitrogens with zero attached hydrogens (tertiary/aromatic N) is 1. The summed E-state index contributed by atoms with van der Waals surface area (Å²) in [4.78, 5) is 9.85. The molecule has 0 aliphatic carbocycles. The average Bonchev–Trinajstić information content (AvgIpc) is 2.16. The first-order valence-corrected chi connectivity index (χ1v) is 6.66. The van der Waals surface area contributed by atoms with Gasteiger partial charge in [-0.3, -0.25) is 10.1 Å². The van der Waals surface area contributed by atoms with Crippen molar-refractivity contribution in [3.05, 3.63) is 34.4 Å². The van der Waals surface area contributed by atoms with Crippen LogP contribution in [0.25, 0.3) is 0 Å². The third-order valence-electron chi connectivity index (χ3n) is 1.62. The molecule has 0 N–H and O–H groups in total. The first-order valence-electron chi connectivity index (χ1n) is 4.18. The van der Waals surface area contributed by atoms with Crippen LogP contribution in [-0.2, 0) is 9.05 Å². The van der Waals surface area contributed by atoms with E-state index in [2.05, 4.69) is 0 Å². The molecule has 0 spiro atoms. The molecule has 0 heterocycles. The van der Waals surface area contributed by atoms with Crippen LogP contribution in [0.2, 0.25) is 0 Å². The van der Waals surface area contributed by atoms with Crippen LogP contribution in [0.15, 0.2) is 24.3 Å². The smallest absolute Gasteiger partial charge is 0.273 e. The monoisotopic (exact) mass is 265 g/mol. The van der Waals surface area contributed by atoms with Crippen LogP contribution in [-0.4, -0.2) is 25.7 Å². The van der Waals surface area contributed by atoms with Crippen LogP contribution in [0.5, 0.6) is 5.75 Å². The maximum absolute atomic E-state index is 10.6. The van der Waals surface area contributed by atoms with Crippen LogP contribution in [0.4, 0.5) is 5.69 Å². The van der Waals surface area contributed by atoms with Crippen molar-refractivity contribution in [1.82, 2.24) is 0 Å². The Labute approximate surface area is 96.4 Å². The summed E-state index contributed by atoms with van der Waals surface area (Å²) in [6, 6.07) is 5.46. The van der Waals surface area contributed by atoms with Gasteiger partial charge in [0.25, 0.3) is 5.69 Å². The number of benzene rings is 1. The number of rotatable bonds is 5. The van der Waals surface area contributed by atoms with Crippen LogP contribution in [0.1, 0.15) is 0 Å². The van der Waals surface area contributed by atoms with Gasteiger partial charge in [-0.1, -0.05) is 6.07 Å². The fraction of sp³-hybridized carbons (Fsp3) is 0.250. The lowest BCUT2D eigenvalue weighted by Crippen LogP contribution is -2.08. The van der Waals surface area contributed by atoms with Gasteiger partial charge in [0.2, 0.25) is 9.05 Å². The molecule has 8 heteroatoms. The van der Waals surface area contributed by atoms with Crippen LogP contribution in [0, 0.1) is 10.1 Å². The number of hydrogen-bond donors (Lipinski definition) is 0. The molecule has 0 aliphatic rings. The molecule has 88 valence electrons. The van der Waals surface area contributed by atoms with Gasteiger partial charge in [0.1, 0.15) is 12.4 Å². The lowest BCUT2D eigenvalue weighted by molar-refractivity contribution is -0.384. The molecule has 0 fully saturated rings. The van der Waals surface area contributed by atoms with Gasteiger partial charge in [0, 0.05) is 16.7 Å². The van der Waals surface area contributed by atoms with Gasteiger partial charge in [0.05, 0.1) is 16.7 Å². The summed E-state index contributed by atoms with van der Waals surface area (Å²) in [5.74, 6) is -0.119. The summed E-state index contributed by atoms with van der Waals surface area (Å²) in [5, 5.41) is 10.4. The van der Waals surface area contributed by atoms with Crippen molar-refractivity contribution in [2.45, 2.75) is 0 Å². The molecule has 1 rings (SSSR count). The molecule has 0 aromatic heterocycles. The molecule has 0 saturated carbocycles. The highest BCUT2D eigenvalue weighted by molar-refractivity contribution is 8.13. The summed E-state index contributed by atoms with van der Waals surface area (Å²) in [6.07, 6.45) is 0. The Morgan fingerprint density at radius 1 is 1.44 bits per heavy atom. The van der Waals surface area contributed by atoms with E-state index in [4.69, 9.17) is 15.4 Å². The predicted octanol–water partition coefficient (Wildman–Crippen LogP) is 1.54. The number of nitro groups is 1. The van der Waals surface area contributed by atoms with E-state index in [1.807, 2.05) is 0 Å². The molecule has 0 radical (unpaired) electrons. The topological polar surface area (TPSA) is 86.5 Å². The Morgan fingerprint density at radius 2 is 2.12 bits per heavy atom. The number of hydrogen-bond acceptors (Lipinski definition) is 5. The van der Waals surface area contributed by atoms with E-state index in [1.165, 1.54) is 24.3 Å². The van der Waals surface area contributed by atoms with E-state index in [-0.39, 0.29) is 23.8 Å². The Balaban J connectivity index is 2.61. The van der Waals surface area contributed by atoms with Gasteiger partial charge in [-0.25, -0.2) is 8.42 Å². The van der Waals surface area contributed by atoms with Crippen LogP contribution >= 0.6 is 10.7 Å². The highest BCUT2D eigenvalue weighted by Gasteiger charge is 2.08. The molecule has 1 aromatic rings. The van der Waals surface area contributed by atoms with E-state index in [0.717, 1.165) is 0 Å². The standard InChI is InChI=1S/C8H8ClNO5S/c9-16(13,14)5-4-15-8-3-1-2-7(6-8)10(11)12/h1-3,6H,4-5H2. The highest BCUT2D eigenvalue weighted by Crippen LogP contribution is 2.19. The lowest BCUT2D eigenvalue weighted by Gasteiger charge is -2.03. The Kier molecular flexibility index (Phi) is 4.08. The van der Waals surface area contributed by atoms with Crippen molar-refractivity contribution in [2.75, 3.05) is 12.4 Å². The Bertz CT molecular complexity index is 487. The fourth-order valence-electron chi connectivity index (χ4n) is 0.946. The molecule has 0 amide bonds. The zero-order chi connectivity index (χ0) is 12.2. The summed E-state index contributed by atoms with van der Waals surface area (Å²) >= 11 is 0. The number of nitro benzene ring substituents is 1.